The van der Waals surface area contributed by atoms with Gasteiger partial charge < -0.3 is 14.2 Å². The molecule has 1 aliphatic rings. The van der Waals surface area contributed by atoms with Crippen LogP contribution in [0.2, 0.25) is 0 Å². The highest BCUT2D eigenvalue weighted by Gasteiger charge is 2.29. The van der Waals surface area contributed by atoms with Gasteiger partial charge in [0.2, 0.25) is 11.7 Å². The fourth-order valence-electron chi connectivity index (χ4n) is 4.29. The van der Waals surface area contributed by atoms with Crippen molar-refractivity contribution < 1.29 is 14.1 Å². The molecule has 9 nitrogen and oxygen atoms in total. The van der Waals surface area contributed by atoms with Crippen molar-refractivity contribution in [2.75, 3.05) is 33.3 Å². The molecule has 0 N–H and O–H groups in total. The molecular formula is C26H28N6O3. The van der Waals surface area contributed by atoms with E-state index in [1.54, 1.807) is 24.1 Å². The van der Waals surface area contributed by atoms with E-state index in [9.17, 15) is 4.79 Å². The highest BCUT2D eigenvalue weighted by atomic mass is 16.5. The summed E-state index contributed by atoms with van der Waals surface area (Å²) in [6.07, 6.45) is 1.79. The number of hydrogen-bond acceptors (Lipinski definition) is 7. The van der Waals surface area contributed by atoms with Crippen LogP contribution in [0.5, 0.6) is 5.75 Å². The van der Waals surface area contributed by atoms with Gasteiger partial charge in [-0.25, -0.2) is 4.68 Å². The molecule has 1 saturated heterocycles. The molecule has 2 aromatic heterocycles. The molecule has 1 aliphatic heterocycles. The number of amides is 1. The van der Waals surface area contributed by atoms with Crippen molar-refractivity contribution in [3.05, 3.63) is 77.9 Å². The second kappa shape index (κ2) is 9.71. The van der Waals surface area contributed by atoms with E-state index < -0.39 is 0 Å². The zero-order chi connectivity index (χ0) is 24.4. The molecule has 1 fully saturated rings. The summed E-state index contributed by atoms with van der Waals surface area (Å²) in [6, 6.07) is 17.4. The Morgan fingerprint density at radius 2 is 1.83 bits per heavy atom. The molecule has 2 aromatic carbocycles. The topological polar surface area (TPSA) is 89.5 Å². The number of aromatic nitrogens is 4. The molecule has 3 heterocycles. The molecule has 0 bridgehead atoms. The fourth-order valence-corrected chi connectivity index (χ4v) is 4.29. The maximum absolute atomic E-state index is 13.1. The fraction of sp³-hybridized carbons (Fsp3) is 0.308. The number of benzene rings is 2. The maximum atomic E-state index is 13.1. The zero-order valence-corrected chi connectivity index (χ0v) is 20.1. The minimum Gasteiger partial charge on any atom is -0.494 e. The smallest absolute Gasteiger partial charge is 0.274 e. The van der Waals surface area contributed by atoms with Crippen molar-refractivity contribution in [2.24, 2.45) is 0 Å². The van der Waals surface area contributed by atoms with Gasteiger partial charge in [0.1, 0.15) is 11.4 Å². The molecule has 4 aromatic rings. The number of hydrogen-bond donors (Lipinski definition) is 0. The van der Waals surface area contributed by atoms with Gasteiger partial charge in [-0.3, -0.25) is 9.69 Å². The highest BCUT2D eigenvalue weighted by Crippen LogP contribution is 2.25. The first-order valence-electron chi connectivity index (χ1n) is 11.7. The van der Waals surface area contributed by atoms with Crippen molar-refractivity contribution in [2.45, 2.75) is 19.9 Å². The first kappa shape index (κ1) is 22.8. The van der Waals surface area contributed by atoms with Crippen molar-refractivity contribution in [1.29, 1.82) is 0 Å². The third-order valence-electron chi connectivity index (χ3n) is 6.37. The molecule has 0 radical (unpaired) electrons. The summed E-state index contributed by atoms with van der Waals surface area (Å²) >= 11 is 0. The summed E-state index contributed by atoms with van der Waals surface area (Å²) in [5, 5.41) is 8.67. The van der Waals surface area contributed by atoms with Gasteiger partial charge in [0.15, 0.2) is 5.69 Å². The number of methoxy groups -OCH3 is 1. The Bertz CT molecular complexity index is 1310. The molecule has 0 saturated carbocycles. The third-order valence-corrected chi connectivity index (χ3v) is 6.37. The van der Waals surface area contributed by atoms with Crippen molar-refractivity contribution >= 4 is 5.91 Å². The average Bonchev–Trinajstić information content (AvgIpc) is 3.59. The van der Waals surface area contributed by atoms with Crippen LogP contribution in [0.3, 0.4) is 0 Å². The lowest BCUT2D eigenvalue weighted by Crippen LogP contribution is -2.49. The Labute approximate surface area is 203 Å². The Kier molecular flexibility index (Phi) is 6.33. The van der Waals surface area contributed by atoms with Crippen LogP contribution in [-0.2, 0) is 0 Å². The second-order valence-electron chi connectivity index (χ2n) is 8.65. The van der Waals surface area contributed by atoms with Crippen LogP contribution < -0.4 is 4.74 Å². The summed E-state index contributed by atoms with van der Waals surface area (Å²) in [4.78, 5) is 21.8. The van der Waals surface area contributed by atoms with E-state index >= 15 is 0 Å². The monoisotopic (exact) mass is 472 g/mol. The number of carbonyl (C=O) groups is 1. The Balaban J connectivity index is 1.22. The average molecular weight is 473 g/mol. The van der Waals surface area contributed by atoms with Crippen LogP contribution in [0.1, 0.15) is 34.9 Å². The van der Waals surface area contributed by atoms with E-state index in [1.807, 2.05) is 60.4 Å². The molecule has 1 amide bonds. The predicted octanol–water partition coefficient (Wildman–Crippen LogP) is 3.76. The highest BCUT2D eigenvalue weighted by molar-refractivity contribution is 5.92. The largest absolute Gasteiger partial charge is 0.494 e. The Hall–Kier alpha value is -3.98. The molecule has 9 heteroatoms. The van der Waals surface area contributed by atoms with Gasteiger partial charge in [0.05, 0.1) is 13.2 Å². The lowest BCUT2D eigenvalue weighted by Gasteiger charge is -2.36. The third kappa shape index (κ3) is 4.67. The van der Waals surface area contributed by atoms with Gasteiger partial charge in [-0.05, 0) is 37.6 Å². The van der Waals surface area contributed by atoms with Crippen LogP contribution >= 0.6 is 0 Å². The van der Waals surface area contributed by atoms with Crippen LogP contribution in [0.15, 0.2) is 65.3 Å². The molecular weight excluding hydrogens is 444 g/mol. The number of aryl methyl sites for hydroxylation is 1. The van der Waals surface area contributed by atoms with E-state index in [4.69, 9.17) is 9.26 Å². The van der Waals surface area contributed by atoms with Gasteiger partial charge in [0.25, 0.3) is 5.91 Å². The van der Waals surface area contributed by atoms with Crippen molar-refractivity contribution in [3.63, 3.8) is 0 Å². The molecule has 35 heavy (non-hydrogen) atoms. The minimum atomic E-state index is -0.0770. The number of ether oxygens (including phenoxy) is 1. The van der Waals surface area contributed by atoms with E-state index in [-0.39, 0.29) is 11.9 Å². The summed E-state index contributed by atoms with van der Waals surface area (Å²) in [6.45, 7) is 6.68. The molecule has 1 unspecified atom stereocenters. The number of rotatable bonds is 6. The molecule has 5 rings (SSSR count). The van der Waals surface area contributed by atoms with Gasteiger partial charge in [-0.1, -0.05) is 41.6 Å². The first-order chi connectivity index (χ1) is 17.0. The second-order valence-corrected chi connectivity index (χ2v) is 8.65. The van der Waals surface area contributed by atoms with E-state index in [0.717, 1.165) is 16.8 Å². The number of piperazine rings is 1. The Morgan fingerprint density at radius 3 is 2.57 bits per heavy atom. The summed E-state index contributed by atoms with van der Waals surface area (Å²) in [7, 11) is 1.63. The maximum Gasteiger partial charge on any atom is 0.274 e. The van der Waals surface area contributed by atoms with Gasteiger partial charge in [-0.2, -0.15) is 10.1 Å². The number of nitrogens with zero attached hydrogens (tertiary/aromatic N) is 6. The zero-order valence-electron chi connectivity index (χ0n) is 20.1. The lowest BCUT2D eigenvalue weighted by atomic mass is 10.2. The summed E-state index contributed by atoms with van der Waals surface area (Å²) in [5.74, 6) is 1.79. The van der Waals surface area contributed by atoms with Crippen molar-refractivity contribution in [3.8, 4) is 22.8 Å². The van der Waals surface area contributed by atoms with Gasteiger partial charge in [0, 0.05) is 37.9 Å². The lowest BCUT2D eigenvalue weighted by molar-refractivity contribution is 0.0546. The molecule has 180 valence electrons. The van der Waals surface area contributed by atoms with E-state index in [0.29, 0.717) is 49.3 Å². The molecule has 1 atom stereocenters. The van der Waals surface area contributed by atoms with E-state index in [2.05, 4.69) is 27.1 Å². The molecule has 0 aliphatic carbocycles. The van der Waals surface area contributed by atoms with Crippen LogP contribution in [0, 0.1) is 6.92 Å². The van der Waals surface area contributed by atoms with Crippen molar-refractivity contribution in [1.82, 2.24) is 29.7 Å². The summed E-state index contributed by atoms with van der Waals surface area (Å²) in [5.41, 5.74) is 3.23. The molecule has 0 spiro atoms. The predicted molar refractivity (Wildman–Crippen MR) is 130 cm³/mol. The summed E-state index contributed by atoms with van der Waals surface area (Å²) < 4.78 is 12.7. The SMILES string of the molecule is COc1ccc(C)cc1-n1ccc(C(=O)N2CCN(C(C)c3nc(-c4ccccc4)no3)CC2)n1. The van der Waals surface area contributed by atoms with Crippen LogP contribution in [-0.4, -0.2) is 68.9 Å². The minimum absolute atomic E-state index is 0.0368. The Morgan fingerprint density at radius 1 is 1.06 bits per heavy atom. The van der Waals surface area contributed by atoms with Gasteiger partial charge >= 0.3 is 0 Å². The van der Waals surface area contributed by atoms with Crippen LogP contribution in [0.25, 0.3) is 17.1 Å². The van der Waals surface area contributed by atoms with Gasteiger partial charge in [-0.15, -0.1) is 0 Å². The quantitative estimate of drug-likeness (QED) is 0.422. The first-order valence-corrected chi connectivity index (χ1v) is 11.7. The normalized spacial score (nSPS) is 15.2. The van der Waals surface area contributed by atoms with E-state index in [1.165, 1.54) is 0 Å². The number of carbonyl (C=O) groups excluding carboxylic acids is 1. The standard InChI is InChI=1S/C26H28N6O3/c1-18-9-10-23(34-3)22(17-18)32-12-11-21(28-32)26(33)31-15-13-30(14-16-31)19(2)25-27-24(29-35-25)20-7-5-4-6-8-20/h4-12,17,19H,13-16H2,1-3H3. The van der Waals surface area contributed by atoms with Crippen LogP contribution in [0.4, 0.5) is 0 Å².